The summed E-state index contributed by atoms with van der Waals surface area (Å²) in [6.07, 6.45) is 1.53. The Balaban J connectivity index is 2.52. The summed E-state index contributed by atoms with van der Waals surface area (Å²) in [5.41, 5.74) is 1.17. The maximum atomic E-state index is 11.1. The lowest BCUT2D eigenvalue weighted by molar-refractivity contribution is 0.0697. The van der Waals surface area contributed by atoms with E-state index in [0.717, 1.165) is 0 Å². The van der Waals surface area contributed by atoms with E-state index < -0.39 is 5.97 Å². The summed E-state index contributed by atoms with van der Waals surface area (Å²) in [6.45, 7) is 0. The second-order valence-corrected chi connectivity index (χ2v) is 3.62. The van der Waals surface area contributed by atoms with Crippen molar-refractivity contribution in [2.24, 2.45) is 0 Å². The van der Waals surface area contributed by atoms with Crippen molar-refractivity contribution < 1.29 is 19.7 Å². The molecule has 0 aliphatic rings. The van der Waals surface area contributed by atoms with Crippen molar-refractivity contribution in [3.8, 4) is 22.8 Å². The third kappa shape index (κ3) is 2.24. The van der Waals surface area contributed by atoms with Crippen molar-refractivity contribution in [1.82, 2.24) is 4.98 Å². The largest absolute Gasteiger partial charge is 0.508 e. The predicted octanol–water partition coefficient (Wildman–Crippen LogP) is 2.16. The van der Waals surface area contributed by atoms with E-state index in [0.29, 0.717) is 17.0 Å². The molecule has 2 aromatic rings. The molecule has 92 valence electrons. The number of carbonyl (C=O) groups is 1. The van der Waals surface area contributed by atoms with Crippen LogP contribution in [0.4, 0.5) is 0 Å². The van der Waals surface area contributed by atoms with E-state index in [-0.39, 0.29) is 11.3 Å². The molecule has 0 saturated carbocycles. The third-order valence-corrected chi connectivity index (χ3v) is 2.49. The van der Waals surface area contributed by atoms with Gasteiger partial charge in [0.2, 0.25) is 5.88 Å². The molecule has 0 fully saturated rings. The fourth-order valence-corrected chi connectivity index (χ4v) is 1.62. The summed E-state index contributed by atoms with van der Waals surface area (Å²) in [6, 6.07) is 7.55. The lowest BCUT2D eigenvalue weighted by Gasteiger charge is -2.07. The van der Waals surface area contributed by atoms with Crippen molar-refractivity contribution in [2.75, 3.05) is 7.11 Å². The zero-order valence-electron chi connectivity index (χ0n) is 9.62. The summed E-state index contributed by atoms with van der Waals surface area (Å²) >= 11 is 0. The number of aromatic carboxylic acids is 1. The number of rotatable bonds is 3. The number of carboxylic acid groups (broad SMARTS) is 1. The Morgan fingerprint density at radius 3 is 2.61 bits per heavy atom. The molecule has 2 N–H and O–H groups in total. The molecule has 0 bridgehead atoms. The van der Waals surface area contributed by atoms with Crippen LogP contribution in [0.2, 0.25) is 0 Å². The number of aromatic hydroxyl groups is 1. The quantitative estimate of drug-likeness (QED) is 0.866. The highest BCUT2D eigenvalue weighted by Gasteiger charge is 2.12. The van der Waals surface area contributed by atoms with E-state index in [4.69, 9.17) is 9.84 Å². The van der Waals surface area contributed by atoms with E-state index in [2.05, 4.69) is 4.98 Å². The van der Waals surface area contributed by atoms with Crippen LogP contribution in [0.1, 0.15) is 10.4 Å². The Kier molecular flexibility index (Phi) is 3.14. The molecule has 0 amide bonds. The fourth-order valence-electron chi connectivity index (χ4n) is 1.62. The van der Waals surface area contributed by atoms with Gasteiger partial charge < -0.3 is 14.9 Å². The second kappa shape index (κ2) is 4.75. The molecule has 1 aromatic heterocycles. The van der Waals surface area contributed by atoms with Crippen LogP contribution in [0, 0.1) is 0 Å². The highest BCUT2D eigenvalue weighted by molar-refractivity contribution is 5.96. The van der Waals surface area contributed by atoms with Gasteiger partial charge in [-0.1, -0.05) is 0 Å². The number of aromatic nitrogens is 1. The van der Waals surface area contributed by atoms with Crippen LogP contribution in [-0.4, -0.2) is 28.3 Å². The Hall–Kier alpha value is -2.56. The number of methoxy groups -OCH3 is 1. The van der Waals surface area contributed by atoms with Gasteiger partial charge >= 0.3 is 5.97 Å². The molecule has 2 rings (SSSR count). The molecule has 1 heterocycles. The third-order valence-electron chi connectivity index (χ3n) is 2.49. The van der Waals surface area contributed by atoms with Crippen molar-refractivity contribution >= 4 is 5.97 Å². The minimum absolute atomic E-state index is 0.0296. The molecule has 5 nitrogen and oxygen atoms in total. The number of pyridine rings is 1. The molecule has 0 saturated heterocycles. The maximum absolute atomic E-state index is 11.1. The number of ether oxygens (including phenoxy) is 1. The zero-order valence-corrected chi connectivity index (χ0v) is 9.62. The number of hydrogen-bond acceptors (Lipinski definition) is 4. The lowest BCUT2D eigenvalue weighted by atomic mass is 10.0. The zero-order chi connectivity index (χ0) is 13.1. The smallest absolute Gasteiger partial charge is 0.336 e. The van der Waals surface area contributed by atoms with Gasteiger partial charge in [-0.15, -0.1) is 0 Å². The highest BCUT2D eigenvalue weighted by atomic mass is 16.5. The highest BCUT2D eigenvalue weighted by Crippen LogP contribution is 2.27. The summed E-state index contributed by atoms with van der Waals surface area (Å²) < 4.78 is 4.93. The summed E-state index contributed by atoms with van der Waals surface area (Å²) in [4.78, 5) is 15.1. The lowest BCUT2D eigenvalue weighted by Crippen LogP contribution is -1.99. The van der Waals surface area contributed by atoms with Gasteiger partial charge in [0.25, 0.3) is 0 Å². The molecule has 0 unspecified atom stereocenters. The molecule has 5 heteroatoms. The van der Waals surface area contributed by atoms with Crippen molar-refractivity contribution in [1.29, 1.82) is 0 Å². The minimum atomic E-state index is -1.10. The average Bonchev–Trinajstić information content (AvgIpc) is 2.39. The van der Waals surface area contributed by atoms with Crippen molar-refractivity contribution in [3.63, 3.8) is 0 Å². The van der Waals surface area contributed by atoms with Crippen LogP contribution in [-0.2, 0) is 0 Å². The van der Waals surface area contributed by atoms with Gasteiger partial charge in [-0.3, -0.25) is 0 Å². The van der Waals surface area contributed by atoms with Gasteiger partial charge in [0.1, 0.15) is 5.75 Å². The molecule has 0 aliphatic carbocycles. The molecule has 1 aromatic carbocycles. The fraction of sp³-hybridized carbons (Fsp3) is 0.0769. The van der Waals surface area contributed by atoms with Crippen LogP contribution in [0.5, 0.6) is 11.6 Å². The summed E-state index contributed by atoms with van der Waals surface area (Å²) in [5.74, 6) is -0.733. The Morgan fingerprint density at radius 2 is 2.06 bits per heavy atom. The van der Waals surface area contributed by atoms with E-state index in [9.17, 15) is 9.90 Å². The molecule has 0 spiro atoms. The molecule has 0 aliphatic heterocycles. The van der Waals surface area contributed by atoms with Crippen molar-refractivity contribution in [2.45, 2.75) is 0 Å². The standard InChI is InChI=1S/C13H11NO4/c1-18-12-5-2-8(7-14-12)10-4-3-9(15)6-11(10)13(16)17/h2-7,15H,1H3,(H,16,17). The van der Waals surface area contributed by atoms with E-state index in [1.165, 1.54) is 25.4 Å². The first-order valence-corrected chi connectivity index (χ1v) is 5.18. The molecular weight excluding hydrogens is 234 g/mol. The Labute approximate surface area is 103 Å². The first kappa shape index (κ1) is 11.9. The topological polar surface area (TPSA) is 79.7 Å². The van der Waals surface area contributed by atoms with Gasteiger partial charge in [0.05, 0.1) is 12.7 Å². The molecule has 0 radical (unpaired) electrons. The van der Waals surface area contributed by atoms with E-state index >= 15 is 0 Å². The summed E-state index contributed by atoms with van der Waals surface area (Å²) in [5, 5.41) is 18.4. The summed E-state index contributed by atoms with van der Waals surface area (Å²) in [7, 11) is 1.51. The van der Waals surface area contributed by atoms with Gasteiger partial charge in [0, 0.05) is 17.8 Å². The van der Waals surface area contributed by atoms with Gasteiger partial charge in [-0.05, 0) is 29.8 Å². The molecule has 18 heavy (non-hydrogen) atoms. The number of nitrogens with zero attached hydrogens (tertiary/aromatic N) is 1. The second-order valence-electron chi connectivity index (χ2n) is 3.62. The van der Waals surface area contributed by atoms with Crippen molar-refractivity contribution in [3.05, 3.63) is 42.1 Å². The normalized spacial score (nSPS) is 10.1. The number of phenols is 1. The number of phenolic OH excluding ortho intramolecular Hbond substituents is 1. The van der Waals surface area contributed by atoms with Crippen LogP contribution < -0.4 is 4.74 Å². The number of benzene rings is 1. The van der Waals surface area contributed by atoms with Crippen LogP contribution >= 0.6 is 0 Å². The Bertz CT molecular complexity index is 578. The molecular formula is C13H11NO4. The monoisotopic (exact) mass is 245 g/mol. The minimum Gasteiger partial charge on any atom is -0.508 e. The van der Waals surface area contributed by atoms with Gasteiger partial charge in [0.15, 0.2) is 0 Å². The van der Waals surface area contributed by atoms with E-state index in [1.807, 2.05) is 0 Å². The Morgan fingerprint density at radius 1 is 1.28 bits per heavy atom. The average molecular weight is 245 g/mol. The first-order chi connectivity index (χ1) is 8.61. The maximum Gasteiger partial charge on any atom is 0.336 e. The van der Waals surface area contributed by atoms with Crippen LogP contribution in [0.25, 0.3) is 11.1 Å². The predicted molar refractivity (Wildman–Crippen MR) is 64.8 cm³/mol. The first-order valence-electron chi connectivity index (χ1n) is 5.18. The van der Waals surface area contributed by atoms with E-state index in [1.54, 1.807) is 18.2 Å². The number of hydrogen-bond donors (Lipinski definition) is 2. The van der Waals surface area contributed by atoms with Crippen LogP contribution in [0.15, 0.2) is 36.5 Å². The molecule has 0 atom stereocenters. The SMILES string of the molecule is COc1ccc(-c2ccc(O)cc2C(=O)O)cn1. The van der Waals surface area contributed by atoms with Crippen LogP contribution in [0.3, 0.4) is 0 Å². The van der Waals surface area contributed by atoms with Gasteiger partial charge in [-0.2, -0.15) is 0 Å². The van der Waals surface area contributed by atoms with Gasteiger partial charge in [-0.25, -0.2) is 9.78 Å². The number of carboxylic acids is 1.